The quantitative estimate of drug-likeness (QED) is 0.759. The molecule has 0 aliphatic heterocycles. The van der Waals surface area contributed by atoms with Crippen LogP contribution in [0.3, 0.4) is 0 Å². The zero-order chi connectivity index (χ0) is 14.3. The minimum Gasteiger partial charge on any atom is -0.389 e. The van der Waals surface area contributed by atoms with Crippen LogP contribution in [0, 0.1) is 12.8 Å². The van der Waals surface area contributed by atoms with Crippen molar-refractivity contribution in [3.05, 3.63) is 35.4 Å². The molecule has 1 rings (SSSR count). The fourth-order valence-corrected chi connectivity index (χ4v) is 1.87. The number of ether oxygens (including phenoxy) is 1. The van der Waals surface area contributed by atoms with Gasteiger partial charge in [-0.05, 0) is 25.3 Å². The first kappa shape index (κ1) is 16.2. The molecule has 0 amide bonds. The Bertz CT molecular complexity index is 366. The van der Waals surface area contributed by atoms with Gasteiger partial charge in [0.15, 0.2) is 0 Å². The van der Waals surface area contributed by atoms with Crippen molar-refractivity contribution < 1.29 is 9.84 Å². The van der Waals surface area contributed by atoms with Gasteiger partial charge in [-0.2, -0.15) is 0 Å². The van der Waals surface area contributed by atoms with Gasteiger partial charge in [-0.3, -0.25) is 0 Å². The summed E-state index contributed by atoms with van der Waals surface area (Å²) in [5.41, 5.74) is 2.50. The smallest absolute Gasteiger partial charge is 0.0897 e. The van der Waals surface area contributed by atoms with Gasteiger partial charge in [-0.25, -0.2) is 0 Å². The van der Waals surface area contributed by atoms with Crippen molar-refractivity contribution in [2.75, 3.05) is 19.8 Å². The van der Waals surface area contributed by atoms with Crippen LogP contribution < -0.4 is 5.32 Å². The van der Waals surface area contributed by atoms with Crippen LogP contribution in [0.5, 0.6) is 0 Å². The number of hydrogen-bond acceptors (Lipinski definition) is 3. The maximum Gasteiger partial charge on any atom is 0.0897 e. The lowest BCUT2D eigenvalue weighted by Gasteiger charge is -2.18. The summed E-state index contributed by atoms with van der Waals surface area (Å²) in [6, 6.07) is 8.65. The van der Waals surface area contributed by atoms with Crippen molar-refractivity contribution in [2.24, 2.45) is 5.92 Å². The molecule has 1 aromatic rings. The van der Waals surface area contributed by atoms with Crippen molar-refractivity contribution in [1.82, 2.24) is 5.32 Å². The molecule has 1 unspecified atom stereocenters. The molecule has 1 aromatic carbocycles. The van der Waals surface area contributed by atoms with Crippen molar-refractivity contribution in [1.29, 1.82) is 0 Å². The molecule has 0 saturated carbocycles. The van der Waals surface area contributed by atoms with Gasteiger partial charge in [0.25, 0.3) is 0 Å². The van der Waals surface area contributed by atoms with E-state index >= 15 is 0 Å². The first-order valence-electron chi connectivity index (χ1n) is 7.04. The van der Waals surface area contributed by atoms with Gasteiger partial charge in [0.05, 0.1) is 12.7 Å². The van der Waals surface area contributed by atoms with E-state index in [4.69, 9.17) is 4.74 Å². The van der Waals surface area contributed by atoms with Gasteiger partial charge in [0.1, 0.15) is 0 Å². The molecule has 3 heteroatoms. The second kappa shape index (κ2) is 8.31. The topological polar surface area (TPSA) is 41.5 Å². The third-order valence-corrected chi connectivity index (χ3v) is 2.96. The number of aliphatic hydroxyl groups is 1. The van der Waals surface area contributed by atoms with Gasteiger partial charge in [-0.1, -0.05) is 43.7 Å². The summed E-state index contributed by atoms with van der Waals surface area (Å²) in [5.74, 6) is 0.506. The zero-order valence-corrected chi connectivity index (χ0v) is 12.5. The Morgan fingerprint density at radius 1 is 1.21 bits per heavy atom. The molecule has 2 N–H and O–H groups in total. The SMILES string of the molecule is Cc1cccc([C@@H](C)NCC(O)COCC(C)C)c1. The van der Waals surface area contributed by atoms with Crippen LogP contribution in [0.1, 0.15) is 37.9 Å². The van der Waals surface area contributed by atoms with E-state index in [9.17, 15) is 5.11 Å². The minimum atomic E-state index is -0.453. The van der Waals surface area contributed by atoms with Gasteiger partial charge in [0, 0.05) is 19.2 Å². The summed E-state index contributed by atoms with van der Waals surface area (Å²) in [6.45, 7) is 10.0. The molecule has 0 spiro atoms. The van der Waals surface area contributed by atoms with Gasteiger partial charge in [-0.15, -0.1) is 0 Å². The summed E-state index contributed by atoms with van der Waals surface area (Å²) in [7, 11) is 0. The second-order valence-corrected chi connectivity index (χ2v) is 5.63. The highest BCUT2D eigenvalue weighted by Gasteiger charge is 2.09. The van der Waals surface area contributed by atoms with Crippen molar-refractivity contribution in [3.8, 4) is 0 Å². The van der Waals surface area contributed by atoms with Crippen molar-refractivity contribution in [3.63, 3.8) is 0 Å². The average molecular weight is 265 g/mol. The largest absolute Gasteiger partial charge is 0.389 e. The normalized spacial score (nSPS) is 14.6. The van der Waals surface area contributed by atoms with E-state index in [-0.39, 0.29) is 6.04 Å². The Hall–Kier alpha value is -0.900. The number of nitrogens with one attached hydrogen (secondary N) is 1. The molecule has 19 heavy (non-hydrogen) atoms. The van der Waals surface area contributed by atoms with Crippen molar-refractivity contribution in [2.45, 2.75) is 39.8 Å². The van der Waals surface area contributed by atoms with E-state index in [1.807, 2.05) is 0 Å². The molecule has 0 heterocycles. The van der Waals surface area contributed by atoms with Crippen LogP contribution in [0.2, 0.25) is 0 Å². The number of aryl methyl sites for hydroxylation is 1. The highest BCUT2D eigenvalue weighted by atomic mass is 16.5. The van der Waals surface area contributed by atoms with Crippen LogP contribution in [0.4, 0.5) is 0 Å². The van der Waals surface area contributed by atoms with Gasteiger partial charge >= 0.3 is 0 Å². The third kappa shape index (κ3) is 6.71. The zero-order valence-electron chi connectivity index (χ0n) is 12.5. The third-order valence-electron chi connectivity index (χ3n) is 2.96. The summed E-state index contributed by atoms with van der Waals surface area (Å²) in [5, 5.41) is 13.2. The van der Waals surface area contributed by atoms with Gasteiger partial charge in [0.2, 0.25) is 0 Å². The molecule has 0 aromatic heterocycles. The van der Waals surface area contributed by atoms with Crippen LogP contribution in [-0.2, 0) is 4.74 Å². The Morgan fingerprint density at radius 2 is 1.95 bits per heavy atom. The monoisotopic (exact) mass is 265 g/mol. The van der Waals surface area contributed by atoms with Gasteiger partial charge < -0.3 is 15.2 Å². The van der Waals surface area contributed by atoms with E-state index in [0.717, 1.165) is 0 Å². The minimum absolute atomic E-state index is 0.236. The number of hydrogen-bond donors (Lipinski definition) is 2. The Balaban J connectivity index is 2.27. The fourth-order valence-electron chi connectivity index (χ4n) is 1.87. The average Bonchev–Trinajstić information content (AvgIpc) is 2.35. The number of aliphatic hydroxyl groups excluding tert-OH is 1. The molecule has 0 radical (unpaired) electrons. The summed E-state index contributed by atoms with van der Waals surface area (Å²) >= 11 is 0. The predicted octanol–water partition coefficient (Wildman–Crippen LogP) is 2.68. The predicted molar refractivity (Wildman–Crippen MR) is 79.3 cm³/mol. The molecule has 108 valence electrons. The summed E-state index contributed by atoms with van der Waals surface area (Å²) < 4.78 is 5.42. The first-order valence-corrected chi connectivity index (χ1v) is 7.04. The molecule has 3 nitrogen and oxygen atoms in total. The molecule has 2 atom stereocenters. The summed E-state index contributed by atoms with van der Waals surface area (Å²) in [4.78, 5) is 0. The van der Waals surface area contributed by atoms with E-state index in [0.29, 0.717) is 25.7 Å². The molecule has 0 fully saturated rings. The fraction of sp³-hybridized carbons (Fsp3) is 0.625. The van der Waals surface area contributed by atoms with Crippen LogP contribution in [0.15, 0.2) is 24.3 Å². The lowest BCUT2D eigenvalue weighted by atomic mass is 10.1. The molecule has 0 aliphatic rings. The van der Waals surface area contributed by atoms with E-state index in [1.165, 1.54) is 11.1 Å². The van der Waals surface area contributed by atoms with Crippen LogP contribution >= 0.6 is 0 Å². The highest BCUT2D eigenvalue weighted by Crippen LogP contribution is 2.13. The Kier molecular flexibility index (Phi) is 7.06. The molecular weight excluding hydrogens is 238 g/mol. The Labute approximate surface area is 117 Å². The maximum atomic E-state index is 9.82. The molecule has 0 aliphatic carbocycles. The lowest BCUT2D eigenvalue weighted by Crippen LogP contribution is -2.32. The number of benzene rings is 1. The second-order valence-electron chi connectivity index (χ2n) is 5.63. The standard InChI is InChI=1S/C16H27NO2/c1-12(2)10-19-11-16(18)9-17-14(4)15-7-5-6-13(3)8-15/h5-8,12,14,16-18H,9-11H2,1-4H3/t14-,16?/m1/s1. The summed E-state index contributed by atoms with van der Waals surface area (Å²) in [6.07, 6.45) is -0.453. The lowest BCUT2D eigenvalue weighted by molar-refractivity contribution is 0.0252. The molecule has 0 saturated heterocycles. The van der Waals surface area contributed by atoms with Crippen LogP contribution in [0.25, 0.3) is 0 Å². The maximum absolute atomic E-state index is 9.82. The van der Waals surface area contributed by atoms with Crippen molar-refractivity contribution >= 4 is 0 Å². The van der Waals surface area contributed by atoms with E-state index in [1.54, 1.807) is 0 Å². The van der Waals surface area contributed by atoms with E-state index in [2.05, 4.69) is 57.3 Å². The molecular formula is C16H27NO2. The highest BCUT2D eigenvalue weighted by molar-refractivity contribution is 5.24. The number of rotatable bonds is 8. The van der Waals surface area contributed by atoms with Crippen LogP contribution in [-0.4, -0.2) is 31.0 Å². The first-order chi connectivity index (χ1) is 8.99. The molecule has 0 bridgehead atoms. The Morgan fingerprint density at radius 3 is 2.58 bits per heavy atom. The van der Waals surface area contributed by atoms with E-state index < -0.39 is 6.10 Å².